The van der Waals surface area contributed by atoms with Crippen molar-refractivity contribution in [3.8, 4) is 0 Å². The van der Waals surface area contributed by atoms with Crippen LogP contribution in [0.2, 0.25) is 5.02 Å². The molecular weight excluding hydrogens is 376 g/mol. The van der Waals surface area contributed by atoms with Crippen LogP contribution in [0.25, 0.3) is 0 Å². The summed E-state index contributed by atoms with van der Waals surface area (Å²) in [6.07, 6.45) is 0. The van der Waals surface area contributed by atoms with Crippen molar-refractivity contribution >= 4 is 44.3 Å². The highest BCUT2D eigenvalue weighted by Crippen LogP contribution is 2.25. The summed E-state index contributed by atoms with van der Waals surface area (Å²) in [4.78, 5) is 11.5. The zero-order valence-corrected chi connectivity index (χ0v) is 14.3. The van der Waals surface area contributed by atoms with E-state index in [4.69, 9.17) is 11.6 Å². The molecule has 0 saturated heterocycles. The van der Waals surface area contributed by atoms with Crippen molar-refractivity contribution in [1.82, 2.24) is 0 Å². The van der Waals surface area contributed by atoms with Crippen molar-refractivity contribution < 1.29 is 14.1 Å². The van der Waals surface area contributed by atoms with Crippen molar-refractivity contribution in [3.63, 3.8) is 0 Å². The maximum absolute atomic E-state index is 12.5. The molecule has 0 saturated carbocycles. The van der Waals surface area contributed by atoms with Crippen LogP contribution in [-0.2, 0) is 16.6 Å². The van der Waals surface area contributed by atoms with Crippen molar-refractivity contribution in [3.05, 3.63) is 62.6 Å². The number of hydrogen-bond donors (Lipinski definition) is 1. The molecule has 2 rings (SSSR count). The van der Waals surface area contributed by atoms with Gasteiger partial charge in [0.15, 0.2) is 0 Å². The van der Waals surface area contributed by atoms with Gasteiger partial charge in [0.05, 0.1) is 27.0 Å². The van der Waals surface area contributed by atoms with Gasteiger partial charge in [0.2, 0.25) is 0 Å². The maximum atomic E-state index is 12.5. The van der Waals surface area contributed by atoms with E-state index in [-0.39, 0.29) is 16.2 Å². The fourth-order valence-corrected chi connectivity index (χ4v) is 4.09. The van der Waals surface area contributed by atoms with E-state index in [9.17, 15) is 14.1 Å². The molecule has 0 bridgehead atoms. The molecule has 0 aliphatic heterocycles. The lowest BCUT2D eigenvalue weighted by Gasteiger charge is -2.09. The Bertz CT molecular complexity index is 731. The van der Waals surface area contributed by atoms with Crippen LogP contribution in [0.1, 0.15) is 21.5 Å². The van der Waals surface area contributed by atoms with E-state index in [1.165, 1.54) is 6.07 Å². The zero-order valence-electron chi connectivity index (χ0n) is 11.1. The lowest BCUT2D eigenvalue weighted by molar-refractivity contribution is 0.0693. The molecule has 2 aromatic carbocycles. The smallest absolute Gasteiger partial charge is 0.336 e. The van der Waals surface area contributed by atoms with Crippen LogP contribution in [0.3, 0.4) is 0 Å². The summed E-state index contributed by atoms with van der Waals surface area (Å²) < 4.78 is 13.2. The Labute approximate surface area is 138 Å². The first-order valence-corrected chi connectivity index (χ1v) is 8.53. The molecule has 6 heteroatoms. The van der Waals surface area contributed by atoms with Gasteiger partial charge in [0.25, 0.3) is 0 Å². The molecule has 0 radical (unpaired) electrons. The highest BCUT2D eigenvalue weighted by molar-refractivity contribution is 9.10. The molecule has 1 atom stereocenters. The quantitative estimate of drug-likeness (QED) is 0.845. The van der Waals surface area contributed by atoms with Gasteiger partial charge in [0, 0.05) is 9.50 Å². The Morgan fingerprint density at radius 1 is 1.29 bits per heavy atom. The fraction of sp³-hybridized carbons (Fsp3) is 0.133. The Morgan fingerprint density at radius 3 is 2.62 bits per heavy atom. The highest BCUT2D eigenvalue weighted by atomic mass is 79.9. The monoisotopic (exact) mass is 386 g/mol. The number of carboxylic acid groups (broad SMARTS) is 1. The minimum Gasteiger partial charge on any atom is -0.478 e. The number of carbonyl (C=O) groups is 1. The molecule has 1 unspecified atom stereocenters. The molecule has 0 spiro atoms. The molecule has 0 heterocycles. The Hall–Kier alpha value is -1.17. The second kappa shape index (κ2) is 6.73. The summed E-state index contributed by atoms with van der Waals surface area (Å²) >= 11 is 9.40. The van der Waals surface area contributed by atoms with Crippen LogP contribution in [0, 0.1) is 6.92 Å². The number of rotatable bonds is 4. The van der Waals surface area contributed by atoms with Gasteiger partial charge in [-0.1, -0.05) is 39.7 Å². The van der Waals surface area contributed by atoms with Crippen molar-refractivity contribution in [2.45, 2.75) is 17.6 Å². The van der Waals surface area contributed by atoms with E-state index in [0.29, 0.717) is 9.50 Å². The third kappa shape index (κ3) is 3.93. The van der Waals surface area contributed by atoms with Gasteiger partial charge in [0.1, 0.15) is 0 Å². The molecule has 0 aliphatic carbocycles. The van der Waals surface area contributed by atoms with E-state index in [1.54, 1.807) is 18.2 Å². The fourth-order valence-electron chi connectivity index (χ4n) is 1.85. The summed E-state index contributed by atoms with van der Waals surface area (Å²) in [6, 6.07) is 10.1. The minimum absolute atomic E-state index is 0.0415. The standard InChI is InChI=1S/C15H12BrClO3S/c1-9-2-3-10(13(17)6-9)8-21(20)14-7-11(16)4-5-12(14)15(18)19/h2-7H,8H2,1H3,(H,18,19). The van der Waals surface area contributed by atoms with Crippen LogP contribution in [0.15, 0.2) is 45.8 Å². The summed E-state index contributed by atoms with van der Waals surface area (Å²) in [5.41, 5.74) is 1.79. The van der Waals surface area contributed by atoms with Gasteiger partial charge in [-0.05, 0) is 42.3 Å². The van der Waals surface area contributed by atoms with Gasteiger partial charge < -0.3 is 5.11 Å². The molecule has 0 fully saturated rings. The summed E-state index contributed by atoms with van der Waals surface area (Å²) in [6.45, 7) is 1.92. The third-order valence-electron chi connectivity index (χ3n) is 2.91. The van der Waals surface area contributed by atoms with Crippen LogP contribution in [0.4, 0.5) is 0 Å². The Morgan fingerprint density at radius 2 is 2.00 bits per heavy atom. The molecule has 0 aromatic heterocycles. The molecule has 110 valence electrons. The van der Waals surface area contributed by atoms with Gasteiger partial charge in [-0.3, -0.25) is 4.21 Å². The van der Waals surface area contributed by atoms with E-state index in [1.807, 2.05) is 19.1 Å². The van der Waals surface area contributed by atoms with Gasteiger partial charge >= 0.3 is 5.97 Å². The van der Waals surface area contributed by atoms with Gasteiger partial charge in [-0.15, -0.1) is 0 Å². The van der Waals surface area contributed by atoms with Gasteiger partial charge in [-0.25, -0.2) is 4.79 Å². The van der Waals surface area contributed by atoms with Crippen LogP contribution in [-0.4, -0.2) is 15.3 Å². The number of carboxylic acids is 1. The number of halogens is 2. The van der Waals surface area contributed by atoms with Gasteiger partial charge in [-0.2, -0.15) is 0 Å². The number of aryl methyl sites for hydroxylation is 1. The maximum Gasteiger partial charge on any atom is 0.336 e. The van der Waals surface area contributed by atoms with Crippen molar-refractivity contribution in [2.75, 3.05) is 0 Å². The number of aromatic carboxylic acids is 1. The predicted molar refractivity (Wildman–Crippen MR) is 87.4 cm³/mol. The normalized spacial score (nSPS) is 12.1. The lowest BCUT2D eigenvalue weighted by Crippen LogP contribution is -2.06. The van der Waals surface area contributed by atoms with Crippen molar-refractivity contribution in [1.29, 1.82) is 0 Å². The number of benzene rings is 2. The van der Waals surface area contributed by atoms with Crippen molar-refractivity contribution in [2.24, 2.45) is 0 Å². The molecule has 21 heavy (non-hydrogen) atoms. The first-order valence-electron chi connectivity index (χ1n) is 6.04. The Balaban J connectivity index is 2.36. The second-order valence-corrected chi connectivity index (χ2v) is 7.27. The zero-order chi connectivity index (χ0) is 15.6. The summed E-state index contributed by atoms with van der Waals surface area (Å²) in [5, 5.41) is 9.72. The van der Waals surface area contributed by atoms with E-state index in [0.717, 1.165) is 11.1 Å². The van der Waals surface area contributed by atoms with Crippen LogP contribution < -0.4 is 0 Å². The SMILES string of the molecule is Cc1ccc(CS(=O)c2cc(Br)ccc2C(=O)O)c(Cl)c1. The average molecular weight is 388 g/mol. The predicted octanol–water partition coefficient (Wildman–Crippen LogP) is 4.42. The largest absolute Gasteiger partial charge is 0.478 e. The lowest BCUT2D eigenvalue weighted by atomic mass is 10.2. The average Bonchev–Trinajstić information content (AvgIpc) is 2.41. The topological polar surface area (TPSA) is 54.4 Å². The first-order chi connectivity index (χ1) is 9.88. The van der Waals surface area contributed by atoms with E-state index in [2.05, 4.69) is 15.9 Å². The third-order valence-corrected chi connectivity index (χ3v) is 5.16. The van der Waals surface area contributed by atoms with Crippen LogP contribution >= 0.6 is 27.5 Å². The Kier molecular flexibility index (Phi) is 5.19. The second-order valence-electron chi connectivity index (χ2n) is 4.53. The molecule has 2 aromatic rings. The molecular formula is C15H12BrClO3S. The molecule has 0 aliphatic rings. The van der Waals surface area contributed by atoms with E-state index >= 15 is 0 Å². The minimum atomic E-state index is -1.49. The van der Waals surface area contributed by atoms with E-state index < -0.39 is 16.8 Å². The summed E-state index contributed by atoms with van der Waals surface area (Å²) in [5.74, 6) is -0.920. The van der Waals surface area contributed by atoms with Crippen LogP contribution in [0.5, 0.6) is 0 Å². The molecule has 0 amide bonds. The first kappa shape index (κ1) is 16.2. The highest BCUT2D eigenvalue weighted by Gasteiger charge is 2.17. The summed E-state index contributed by atoms with van der Waals surface area (Å²) in [7, 11) is -1.49. The number of hydrogen-bond acceptors (Lipinski definition) is 2. The molecule has 1 N–H and O–H groups in total. The molecule has 3 nitrogen and oxygen atoms in total.